The zero-order valence-corrected chi connectivity index (χ0v) is 8.41. The Morgan fingerprint density at radius 2 is 2.23 bits per heavy atom. The van der Waals surface area contributed by atoms with Crippen LogP contribution in [-0.4, -0.2) is 36.6 Å². The number of aliphatic imine (C=N–C) groups is 2. The molecule has 0 aromatic heterocycles. The van der Waals surface area contributed by atoms with Crippen molar-refractivity contribution in [1.82, 2.24) is 10.2 Å². The highest BCUT2D eigenvalue weighted by atomic mass is 15.4. The highest BCUT2D eigenvalue weighted by Gasteiger charge is 2.13. The minimum atomic E-state index is -0.0736. The summed E-state index contributed by atoms with van der Waals surface area (Å²) in [6.07, 6.45) is 1.01. The van der Waals surface area contributed by atoms with E-state index in [-0.39, 0.29) is 6.17 Å². The molecule has 13 heavy (non-hydrogen) atoms. The molecule has 0 saturated carbocycles. The first-order valence-corrected chi connectivity index (χ1v) is 4.52. The molecule has 1 aliphatic rings. The fourth-order valence-electron chi connectivity index (χ4n) is 1.22. The van der Waals surface area contributed by atoms with Gasteiger partial charge in [0.05, 0.1) is 0 Å². The van der Waals surface area contributed by atoms with Gasteiger partial charge in [0, 0.05) is 13.6 Å². The number of nitrogens with one attached hydrogen (secondary N) is 1. The second kappa shape index (κ2) is 4.11. The Balaban J connectivity index is 2.60. The Kier molecular flexibility index (Phi) is 3.11. The predicted octanol–water partition coefficient (Wildman–Crippen LogP) is -0.0519. The van der Waals surface area contributed by atoms with E-state index in [0.717, 1.165) is 18.9 Å². The van der Waals surface area contributed by atoms with Crippen LogP contribution in [-0.2, 0) is 0 Å². The van der Waals surface area contributed by atoms with Crippen LogP contribution < -0.4 is 11.1 Å². The first-order valence-electron chi connectivity index (χ1n) is 4.52. The van der Waals surface area contributed by atoms with Crippen LogP contribution in [0.4, 0.5) is 0 Å². The zero-order chi connectivity index (χ0) is 9.84. The highest BCUT2D eigenvalue weighted by Crippen LogP contribution is 1.99. The summed E-state index contributed by atoms with van der Waals surface area (Å²) in [6.45, 7) is 5.00. The van der Waals surface area contributed by atoms with Gasteiger partial charge in [0.15, 0.2) is 5.96 Å². The number of nitrogens with two attached hydrogens (primary N) is 1. The minimum Gasteiger partial charge on any atom is -0.370 e. The molecule has 5 nitrogen and oxygen atoms in total. The smallest absolute Gasteiger partial charge is 0.202 e. The normalized spacial score (nSPS) is 21.6. The van der Waals surface area contributed by atoms with Gasteiger partial charge in [0.1, 0.15) is 6.17 Å². The van der Waals surface area contributed by atoms with Crippen LogP contribution in [0.2, 0.25) is 0 Å². The van der Waals surface area contributed by atoms with Crippen LogP contribution >= 0.6 is 0 Å². The second-order valence-electron chi connectivity index (χ2n) is 3.15. The van der Waals surface area contributed by atoms with Crippen molar-refractivity contribution in [3.63, 3.8) is 0 Å². The van der Waals surface area contributed by atoms with E-state index < -0.39 is 0 Å². The van der Waals surface area contributed by atoms with Gasteiger partial charge in [-0.15, -0.1) is 0 Å². The molecule has 0 fully saturated rings. The van der Waals surface area contributed by atoms with E-state index in [1.54, 1.807) is 0 Å². The highest BCUT2D eigenvalue weighted by molar-refractivity contribution is 5.99. The van der Waals surface area contributed by atoms with E-state index in [1.165, 1.54) is 0 Å². The van der Waals surface area contributed by atoms with Crippen LogP contribution in [0, 0.1) is 0 Å². The molecule has 1 heterocycles. The number of nitrogens with zero attached hydrogens (tertiary/aromatic N) is 3. The molecule has 0 saturated heterocycles. The Labute approximate surface area is 78.7 Å². The molecule has 0 bridgehead atoms. The van der Waals surface area contributed by atoms with Gasteiger partial charge in [-0.1, -0.05) is 6.92 Å². The number of rotatable bonds is 2. The van der Waals surface area contributed by atoms with E-state index in [0.29, 0.717) is 5.96 Å². The third-order valence-electron chi connectivity index (χ3n) is 1.80. The van der Waals surface area contributed by atoms with Gasteiger partial charge in [0.25, 0.3) is 0 Å². The lowest BCUT2D eigenvalue weighted by atomic mass is 10.4. The molecule has 1 rings (SSSR count). The molecule has 1 unspecified atom stereocenters. The molecule has 0 spiro atoms. The monoisotopic (exact) mass is 183 g/mol. The lowest BCUT2D eigenvalue weighted by molar-refractivity contribution is 0.480. The molecule has 0 amide bonds. The minimum absolute atomic E-state index is 0.0736. The standard InChI is InChI=1S/C8H17N5/c1-4-5-13(3)8-11-6(2)10-7(9)12-8/h6H,4-5H2,1-3H3,(H3,9,10,11,12). The Morgan fingerprint density at radius 1 is 1.54 bits per heavy atom. The molecule has 74 valence electrons. The third-order valence-corrected chi connectivity index (χ3v) is 1.80. The summed E-state index contributed by atoms with van der Waals surface area (Å²) < 4.78 is 0. The Bertz CT molecular complexity index is 233. The summed E-state index contributed by atoms with van der Waals surface area (Å²) in [6, 6.07) is 0. The molecule has 0 aromatic carbocycles. The summed E-state index contributed by atoms with van der Waals surface area (Å²) in [5.74, 6) is 1.25. The van der Waals surface area contributed by atoms with Gasteiger partial charge in [-0.2, -0.15) is 0 Å². The van der Waals surface area contributed by atoms with E-state index in [9.17, 15) is 0 Å². The van der Waals surface area contributed by atoms with E-state index >= 15 is 0 Å². The average Bonchev–Trinajstić information content (AvgIpc) is 2.03. The van der Waals surface area contributed by atoms with Crippen molar-refractivity contribution in [2.45, 2.75) is 26.4 Å². The summed E-state index contributed by atoms with van der Waals surface area (Å²) in [4.78, 5) is 10.4. The maximum absolute atomic E-state index is 5.58. The van der Waals surface area contributed by atoms with Gasteiger partial charge < -0.3 is 10.6 Å². The van der Waals surface area contributed by atoms with Crippen molar-refractivity contribution >= 4 is 11.9 Å². The molecule has 5 heteroatoms. The summed E-state index contributed by atoms with van der Waals surface area (Å²) in [7, 11) is 1.99. The van der Waals surface area contributed by atoms with Gasteiger partial charge in [-0.3, -0.25) is 5.32 Å². The number of hydrogen-bond donors (Lipinski definition) is 2. The molecule has 0 aromatic rings. The molecular formula is C8H17N5. The third kappa shape index (κ3) is 2.61. The number of guanidine groups is 2. The van der Waals surface area contributed by atoms with E-state index in [4.69, 9.17) is 5.73 Å². The van der Waals surface area contributed by atoms with Crippen molar-refractivity contribution in [2.24, 2.45) is 15.7 Å². The summed E-state index contributed by atoms with van der Waals surface area (Å²) >= 11 is 0. The van der Waals surface area contributed by atoms with Gasteiger partial charge in [-0.05, 0) is 13.3 Å². The second-order valence-corrected chi connectivity index (χ2v) is 3.15. The topological polar surface area (TPSA) is 66.0 Å². The Hall–Kier alpha value is -1.26. The lowest BCUT2D eigenvalue weighted by Gasteiger charge is -2.24. The van der Waals surface area contributed by atoms with Crippen LogP contribution in [0.5, 0.6) is 0 Å². The van der Waals surface area contributed by atoms with Crippen molar-refractivity contribution < 1.29 is 0 Å². The van der Waals surface area contributed by atoms with Gasteiger partial charge in [-0.25, -0.2) is 9.98 Å². The van der Waals surface area contributed by atoms with Crippen molar-refractivity contribution in [1.29, 1.82) is 0 Å². The van der Waals surface area contributed by atoms with Crippen molar-refractivity contribution in [3.8, 4) is 0 Å². The predicted molar refractivity (Wildman–Crippen MR) is 54.6 cm³/mol. The fraction of sp³-hybridized carbons (Fsp3) is 0.750. The first kappa shape index (κ1) is 9.83. The zero-order valence-electron chi connectivity index (χ0n) is 8.41. The first-order chi connectivity index (χ1) is 6.13. The molecule has 0 aliphatic carbocycles. The fourth-order valence-corrected chi connectivity index (χ4v) is 1.22. The van der Waals surface area contributed by atoms with Crippen molar-refractivity contribution in [3.05, 3.63) is 0 Å². The van der Waals surface area contributed by atoms with Crippen LogP contribution in [0.25, 0.3) is 0 Å². The maximum atomic E-state index is 5.58. The van der Waals surface area contributed by atoms with E-state index in [1.807, 2.05) is 18.9 Å². The summed E-state index contributed by atoms with van der Waals surface area (Å²) in [5.41, 5.74) is 5.58. The van der Waals surface area contributed by atoms with Crippen LogP contribution in [0.1, 0.15) is 20.3 Å². The SMILES string of the molecule is CCCN(C)C1=NC(C)N=C(N)N1. The maximum Gasteiger partial charge on any atom is 0.202 e. The largest absolute Gasteiger partial charge is 0.370 e. The number of hydrogen-bond acceptors (Lipinski definition) is 5. The lowest BCUT2D eigenvalue weighted by Crippen LogP contribution is -2.48. The van der Waals surface area contributed by atoms with E-state index in [2.05, 4.69) is 22.2 Å². The molecular weight excluding hydrogens is 166 g/mol. The van der Waals surface area contributed by atoms with Gasteiger partial charge in [0.2, 0.25) is 5.96 Å². The van der Waals surface area contributed by atoms with Crippen molar-refractivity contribution in [2.75, 3.05) is 13.6 Å². The Morgan fingerprint density at radius 3 is 2.77 bits per heavy atom. The summed E-state index contributed by atoms with van der Waals surface area (Å²) in [5, 5.41) is 2.94. The van der Waals surface area contributed by atoms with Gasteiger partial charge >= 0.3 is 0 Å². The molecule has 3 N–H and O–H groups in total. The van der Waals surface area contributed by atoms with Crippen LogP contribution in [0.3, 0.4) is 0 Å². The molecule has 1 atom stereocenters. The molecule has 1 aliphatic heterocycles. The molecule has 0 radical (unpaired) electrons. The average molecular weight is 183 g/mol. The quantitative estimate of drug-likeness (QED) is 0.630. The van der Waals surface area contributed by atoms with Crippen LogP contribution in [0.15, 0.2) is 9.98 Å².